The molecule has 0 N–H and O–H groups in total. The molecular weight excluding hydrogens is 329 g/mol. The molecule has 9 heteroatoms. The first kappa shape index (κ1) is 14.8. The van der Waals surface area contributed by atoms with Crippen molar-refractivity contribution in [3.8, 4) is 0 Å². The predicted molar refractivity (Wildman–Crippen MR) is 53.2 cm³/mol. The average Bonchev–Trinajstić information content (AvgIpc) is 2.25. The van der Waals surface area contributed by atoms with Crippen LogP contribution in [0.2, 0.25) is 0 Å². The van der Waals surface area contributed by atoms with Crippen molar-refractivity contribution >= 4 is 21.9 Å². The van der Waals surface area contributed by atoms with Gasteiger partial charge in [-0.2, -0.15) is 13.2 Å². The zero-order chi connectivity index (χ0) is 14.1. The molecule has 0 aliphatic carbocycles. The molecule has 0 spiro atoms. The molecule has 1 aromatic rings. The Morgan fingerprint density at radius 3 is 2.39 bits per heavy atom. The fourth-order valence-corrected chi connectivity index (χ4v) is 1.73. The monoisotopic (exact) mass is 333 g/mol. The smallest absolute Gasteiger partial charge is 0.433 e. The van der Waals surface area contributed by atoms with Gasteiger partial charge in [-0.1, -0.05) is 15.9 Å². The highest BCUT2D eigenvalue weighted by atomic mass is 79.9. The van der Waals surface area contributed by atoms with E-state index in [0.717, 1.165) is 13.2 Å². The Kier molecular flexibility index (Phi) is 4.25. The van der Waals surface area contributed by atoms with E-state index in [0.29, 0.717) is 0 Å². The summed E-state index contributed by atoms with van der Waals surface area (Å²) in [5.41, 5.74) is -3.83. The van der Waals surface area contributed by atoms with Crippen molar-refractivity contribution < 1.29 is 31.5 Å². The summed E-state index contributed by atoms with van der Waals surface area (Å²) in [5.74, 6) is -1.15. The topological polar surface area (TPSA) is 39.2 Å². The van der Waals surface area contributed by atoms with Gasteiger partial charge >= 0.3 is 12.1 Å². The molecule has 1 rings (SSSR count). The number of esters is 1. The quantitative estimate of drug-likeness (QED) is 0.613. The summed E-state index contributed by atoms with van der Waals surface area (Å²) in [4.78, 5) is 14.0. The van der Waals surface area contributed by atoms with Crippen LogP contribution in [0.5, 0.6) is 0 Å². The van der Waals surface area contributed by atoms with Crippen LogP contribution in [-0.2, 0) is 10.9 Å². The average molecular weight is 334 g/mol. The van der Waals surface area contributed by atoms with Crippen molar-refractivity contribution in [1.82, 2.24) is 4.98 Å². The Morgan fingerprint density at radius 2 is 2.00 bits per heavy atom. The van der Waals surface area contributed by atoms with Gasteiger partial charge in [-0.15, -0.1) is 0 Å². The molecule has 3 nitrogen and oxygen atoms in total. The van der Waals surface area contributed by atoms with E-state index in [-0.39, 0.29) is 0 Å². The minimum absolute atomic E-state index is 0.555. The van der Waals surface area contributed by atoms with E-state index in [1.807, 2.05) is 0 Å². The van der Waals surface area contributed by atoms with Crippen LogP contribution >= 0.6 is 15.9 Å². The van der Waals surface area contributed by atoms with Crippen LogP contribution in [0.1, 0.15) is 28.2 Å². The van der Waals surface area contributed by atoms with Gasteiger partial charge in [0, 0.05) is 4.47 Å². The van der Waals surface area contributed by atoms with Gasteiger partial charge in [-0.3, -0.25) is 0 Å². The fraction of sp³-hybridized carbons (Fsp3) is 0.333. The van der Waals surface area contributed by atoms with Crippen molar-refractivity contribution in [2.75, 3.05) is 7.11 Å². The highest BCUT2D eigenvalue weighted by Crippen LogP contribution is 2.39. The molecule has 0 aliphatic rings. The molecule has 0 unspecified atom stereocenters. The van der Waals surface area contributed by atoms with E-state index < -0.39 is 40.0 Å². The molecular formula is C9H5BrF5NO2. The largest absolute Gasteiger partial charge is 0.464 e. The van der Waals surface area contributed by atoms with Crippen LogP contribution in [0.25, 0.3) is 0 Å². The van der Waals surface area contributed by atoms with Gasteiger partial charge < -0.3 is 4.74 Å². The highest BCUT2D eigenvalue weighted by molar-refractivity contribution is 9.10. The lowest BCUT2D eigenvalue weighted by atomic mass is 10.1. The normalized spacial score (nSPS) is 11.8. The number of nitrogens with zero attached hydrogens (tertiary/aromatic N) is 1. The third-order valence-electron chi connectivity index (χ3n) is 1.89. The van der Waals surface area contributed by atoms with E-state index in [9.17, 15) is 26.7 Å². The van der Waals surface area contributed by atoms with Gasteiger partial charge in [0.25, 0.3) is 6.43 Å². The first-order valence-electron chi connectivity index (χ1n) is 4.32. The zero-order valence-corrected chi connectivity index (χ0v) is 10.3. The number of hydrogen-bond acceptors (Lipinski definition) is 3. The first-order chi connectivity index (χ1) is 8.18. The number of pyridine rings is 1. The molecule has 0 saturated carbocycles. The molecule has 100 valence electrons. The summed E-state index contributed by atoms with van der Waals surface area (Å²) in [6, 6.07) is 0.753. The van der Waals surface area contributed by atoms with Crippen molar-refractivity contribution in [2.24, 2.45) is 0 Å². The Hall–Kier alpha value is -1.25. The van der Waals surface area contributed by atoms with E-state index in [1.165, 1.54) is 0 Å². The molecule has 0 bridgehead atoms. The fourth-order valence-electron chi connectivity index (χ4n) is 1.16. The summed E-state index contributed by atoms with van der Waals surface area (Å²) in [6.07, 6.45) is -8.48. The van der Waals surface area contributed by atoms with E-state index in [2.05, 4.69) is 25.7 Å². The second kappa shape index (κ2) is 5.17. The SMILES string of the molecule is COC(=O)c1cc(Br)c(C(F)F)c(C(F)(F)F)n1. The molecule has 0 amide bonds. The summed E-state index contributed by atoms with van der Waals surface area (Å²) in [5, 5.41) is 0. The number of carbonyl (C=O) groups is 1. The maximum atomic E-state index is 12.6. The molecule has 0 aromatic carbocycles. The Bertz CT molecular complexity index is 475. The van der Waals surface area contributed by atoms with Gasteiger partial charge in [0.2, 0.25) is 0 Å². The summed E-state index contributed by atoms with van der Waals surface area (Å²) in [7, 11) is 0.937. The number of alkyl halides is 5. The van der Waals surface area contributed by atoms with Crippen LogP contribution in [0.4, 0.5) is 22.0 Å². The molecule has 0 atom stereocenters. The summed E-state index contributed by atoms with van der Waals surface area (Å²) in [6.45, 7) is 0. The summed E-state index contributed by atoms with van der Waals surface area (Å²) >= 11 is 2.56. The van der Waals surface area contributed by atoms with Gasteiger partial charge in [0.15, 0.2) is 5.69 Å². The standard InChI is InChI=1S/C9H5BrF5NO2/c1-18-8(17)4-2-3(10)5(7(11)12)6(16-4)9(13,14)15/h2,7H,1H3. The molecule has 18 heavy (non-hydrogen) atoms. The maximum absolute atomic E-state index is 12.6. The van der Waals surface area contributed by atoms with E-state index in [1.54, 1.807) is 0 Å². The molecule has 0 saturated heterocycles. The van der Waals surface area contributed by atoms with Gasteiger partial charge in [-0.05, 0) is 6.07 Å². The summed E-state index contributed by atoms with van der Waals surface area (Å²) < 4.78 is 66.4. The molecule has 1 heterocycles. The minimum Gasteiger partial charge on any atom is -0.464 e. The zero-order valence-electron chi connectivity index (χ0n) is 8.69. The maximum Gasteiger partial charge on any atom is 0.433 e. The van der Waals surface area contributed by atoms with Gasteiger partial charge in [-0.25, -0.2) is 18.6 Å². The Labute approximate surface area is 106 Å². The third kappa shape index (κ3) is 2.95. The van der Waals surface area contributed by atoms with E-state index in [4.69, 9.17) is 0 Å². The van der Waals surface area contributed by atoms with Crippen LogP contribution in [0.15, 0.2) is 10.5 Å². The number of hydrogen-bond donors (Lipinski definition) is 0. The van der Waals surface area contributed by atoms with Gasteiger partial charge in [0.1, 0.15) is 5.69 Å². The second-order valence-electron chi connectivity index (χ2n) is 3.04. The Morgan fingerprint density at radius 1 is 1.44 bits per heavy atom. The van der Waals surface area contributed by atoms with E-state index >= 15 is 0 Å². The number of ether oxygens (including phenoxy) is 1. The lowest BCUT2D eigenvalue weighted by Crippen LogP contribution is -2.17. The number of rotatable bonds is 2. The van der Waals surface area contributed by atoms with Crippen LogP contribution in [-0.4, -0.2) is 18.1 Å². The van der Waals surface area contributed by atoms with Crippen LogP contribution in [0.3, 0.4) is 0 Å². The second-order valence-corrected chi connectivity index (χ2v) is 3.90. The molecule has 0 radical (unpaired) electrons. The van der Waals surface area contributed by atoms with Gasteiger partial charge in [0.05, 0.1) is 12.7 Å². The van der Waals surface area contributed by atoms with Crippen molar-refractivity contribution in [3.05, 3.63) is 27.5 Å². The highest BCUT2D eigenvalue weighted by Gasteiger charge is 2.40. The first-order valence-corrected chi connectivity index (χ1v) is 5.12. The molecule has 0 fully saturated rings. The van der Waals surface area contributed by atoms with Crippen molar-refractivity contribution in [1.29, 1.82) is 0 Å². The lowest BCUT2D eigenvalue weighted by Gasteiger charge is -2.14. The third-order valence-corrected chi connectivity index (χ3v) is 2.55. The van der Waals surface area contributed by atoms with Crippen LogP contribution in [0, 0.1) is 0 Å². The minimum atomic E-state index is -5.10. The Balaban J connectivity index is 3.52. The van der Waals surface area contributed by atoms with Crippen molar-refractivity contribution in [2.45, 2.75) is 12.6 Å². The van der Waals surface area contributed by atoms with Crippen LogP contribution < -0.4 is 0 Å². The number of carbonyl (C=O) groups excluding carboxylic acids is 1. The van der Waals surface area contributed by atoms with Crippen molar-refractivity contribution in [3.63, 3.8) is 0 Å². The number of methoxy groups -OCH3 is 1. The molecule has 1 aromatic heterocycles. The lowest BCUT2D eigenvalue weighted by molar-refractivity contribution is -0.143. The number of halogens is 6. The molecule has 0 aliphatic heterocycles. The number of aromatic nitrogens is 1. The predicted octanol–water partition coefficient (Wildman–Crippen LogP) is 3.59.